The lowest BCUT2D eigenvalue weighted by atomic mass is 10.1. The minimum atomic E-state index is -0.0292. The maximum absolute atomic E-state index is 11.0. The highest BCUT2D eigenvalue weighted by molar-refractivity contribution is 5.37. The van der Waals surface area contributed by atoms with Gasteiger partial charge in [0.05, 0.1) is 6.04 Å². The normalized spacial score (nSPS) is 27.8. The smallest absolute Gasteiger partial charge is 0.266 e. The Bertz CT molecular complexity index is 338. The molecule has 2 heterocycles. The molecule has 1 aromatic heterocycles. The van der Waals surface area contributed by atoms with Crippen molar-refractivity contribution in [2.75, 3.05) is 5.32 Å². The van der Waals surface area contributed by atoms with Crippen LogP contribution in [0.25, 0.3) is 0 Å². The molecular formula is C8H13N3O. The second-order valence-electron chi connectivity index (χ2n) is 3.51. The summed E-state index contributed by atoms with van der Waals surface area (Å²) in [5.41, 5.74) is -0.0292. The highest BCUT2D eigenvalue weighted by Crippen LogP contribution is 2.23. The molecule has 4 heteroatoms. The predicted molar refractivity (Wildman–Crippen MR) is 47.5 cm³/mol. The lowest BCUT2D eigenvalue weighted by Crippen LogP contribution is -2.28. The summed E-state index contributed by atoms with van der Waals surface area (Å²) in [5.74, 6) is 0.909. The molecule has 0 amide bonds. The van der Waals surface area contributed by atoms with Gasteiger partial charge in [-0.25, -0.2) is 0 Å². The zero-order chi connectivity index (χ0) is 8.72. The van der Waals surface area contributed by atoms with E-state index in [0.29, 0.717) is 12.1 Å². The third-order valence-electron chi connectivity index (χ3n) is 2.29. The van der Waals surface area contributed by atoms with E-state index in [1.165, 1.54) is 0 Å². The van der Waals surface area contributed by atoms with Crippen LogP contribution in [0.15, 0.2) is 10.9 Å². The molecule has 0 unspecified atom stereocenters. The standard InChI is InChI=1S/C8H13N3O/c1-5-3-6(2)11-7(9-5)4-8(12)10-11/h4-6,9H,3H2,1-2H3,(H,10,12)/t5-,6+/m0/s1. The Hall–Kier alpha value is -1.19. The van der Waals surface area contributed by atoms with Crippen LogP contribution in [0.4, 0.5) is 5.82 Å². The number of fused-ring (bicyclic) bond motifs is 1. The molecule has 0 spiro atoms. The number of hydrogen-bond acceptors (Lipinski definition) is 2. The van der Waals surface area contributed by atoms with Crippen LogP contribution in [0.2, 0.25) is 0 Å². The minimum Gasteiger partial charge on any atom is -0.368 e. The average molecular weight is 167 g/mol. The Labute approximate surface area is 70.6 Å². The third kappa shape index (κ3) is 1.03. The number of rotatable bonds is 0. The number of nitrogens with zero attached hydrogens (tertiary/aromatic N) is 1. The molecule has 2 N–H and O–H groups in total. The highest BCUT2D eigenvalue weighted by atomic mass is 16.1. The first-order chi connectivity index (χ1) is 5.66. The van der Waals surface area contributed by atoms with Gasteiger partial charge in [-0.1, -0.05) is 0 Å². The van der Waals surface area contributed by atoms with E-state index in [9.17, 15) is 4.79 Å². The Balaban J connectivity index is 2.46. The number of aromatic nitrogens is 2. The third-order valence-corrected chi connectivity index (χ3v) is 2.29. The van der Waals surface area contributed by atoms with Gasteiger partial charge in [0.25, 0.3) is 5.56 Å². The van der Waals surface area contributed by atoms with E-state index in [4.69, 9.17) is 0 Å². The molecule has 0 saturated heterocycles. The zero-order valence-electron chi connectivity index (χ0n) is 7.29. The fourth-order valence-corrected chi connectivity index (χ4v) is 1.79. The molecule has 0 bridgehead atoms. The maximum Gasteiger partial charge on any atom is 0.266 e. The van der Waals surface area contributed by atoms with E-state index < -0.39 is 0 Å². The molecular weight excluding hydrogens is 154 g/mol. The number of aromatic amines is 1. The van der Waals surface area contributed by atoms with Gasteiger partial charge in [-0.3, -0.25) is 14.6 Å². The average Bonchev–Trinajstić information content (AvgIpc) is 2.29. The van der Waals surface area contributed by atoms with Gasteiger partial charge in [0.2, 0.25) is 0 Å². The van der Waals surface area contributed by atoms with Crippen LogP contribution in [-0.4, -0.2) is 15.8 Å². The van der Waals surface area contributed by atoms with Gasteiger partial charge >= 0.3 is 0 Å². The van der Waals surface area contributed by atoms with E-state index >= 15 is 0 Å². The monoisotopic (exact) mass is 167 g/mol. The lowest BCUT2D eigenvalue weighted by Gasteiger charge is -2.28. The molecule has 0 aliphatic carbocycles. The second-order valence-corrected chi connectivity index (χ2v) is 3.51. The number of anilines is 1. The second kappa shape index (κ2) is 2.40. The molecule has 1 aliphatic rings. The van der Waals surface area contributed by atoms with Gasteiger partial charge in [-0.2, -0.15) is 0 Å². The van der Waals surface area contributed by atoms with E-state index in [2.05, 4.69) is 24.3 Å². The fraction of sp³-hybridized carbons (Fsp3) is 0.625. The van der Waals surface area contributed by atoms with Gasteiger partial charge in [0.15, 0.2) is 0 Å². The van der Waals surface area contributed by atoms with Crippen molar-refractivity contribution in [3.63, 3.8) is 0 Å². The summed E-state index contributed by atoms with van der Waals surface area (Å²) in [6.45, 7) is 4.23. The first-order valence-corrected chi connectivity index (χ1v) is 4.25. The molecule has 1 aliphatic heterocycles. The van der Waals surface area contributed by atoms with Crippen molar-refractivity contribution in [2.45, 2.75) is 32.4 Å². The van der Waals surface area contributed by atoms with Crippen molar-refractivity contribution >= 4 is 5.82 Å². The van der Waals surface area contributed by atoms with Crippen LogP contribution in [-0.2, 0) is 0 Å². The van der Waals surface area contributed by atoms with Crippen LogP contribution < -0.4 is 10.9 Å². The summed E-state index contributed by atoms with van der Waals surface area (Å²) in [5, 5.41) is 6.01. The van der Waals surface area contributed by atoms with E-state index in [1.807, 2.05) is 4.68 Å². The lowest BCUT2D eigenvalue weighted by molar-refractivity contribution is 0.412. The molecule has 0 aromatic carbocycles. The van der Waals surface area contributed by atoms with Crippen molar-refractivity contribution in [3.05, 3.63) is 16.4 Å². The minimum absolute atomic E-state index is 0.0292. The zero-order valence-corrected chi connectivity index (χ0v) is 7.29. The molecule has 0 radical (unpaired) electrons. The van der Waals surface area contributed by atoms with E-state index in [0.717, 1.165) is 12.2 Å². The summed E-state index contributed by atoms with van der Waals surface area (Å²) in [4.78, 5) is 11.0. The fourth-order valence-electron chi connectivity index (χ4n) is 1.79. The van der Waals surface area contributed by atoms with Crippen LogP contribution in [0.1, 0.15) is 26.3 Å². The quantitative estimate of drug-likeness (QED) is 0.604. The van der Waals surface area contributed by atoms with Crippen LogP contribution in [0.5, 0.6) is 0 Å². The molecule has 1 aromatic rings. The number of H-pyrrole nitrogens is 1. The van der Waals surface area contributed by atoms with Gasteiger partial charge < -0.3 is 5.32 Å². The first-order valence-electron chi connectivity index (χ1n) is 4.25. The van der Waals surface area contributed by atoms with Gasteiger partial charge in [-0.05, 0) is 20.3 Å². The number of nitrogens with one attached hydrogen (secondary N) is 2. The molecule has 2 rings (SSSR count). The first kappa shape index (κ1) is 7.46. The molecule has 4 nitrogen and oxygen atoms in total. The summed E-state index contributed by atoms with van der Waals surface area (Å²) in [6, 6.07) is 2.45. The number of hydrogen-bond donors (Lipinski definition) is 2. The van der Waals surface area contributed by atoms with Gasteiger partial charge in [-0.15, -0.1) is 0 Å². The molecule has 0 saturated carbocycles. The van der Waals surface area contributed by atoms with Crippen LogP contribution in [0, 0.1) is 0 Å². The van der Waals surface area contributed by atoms with Crippen molar-refractivity contribution < 1.29 is 0 Å². The Morgan fingerprint density at radius 1 is 1.58 bits per heavy atom. The largest absolute Gasteiger partial charge is 0.368 e. The summed E-state index contributed by atoms with van der Waals surface area (Å²) in [6.07, 6.45) is 1.05. The highest BCUT2D eigenvalue weighted by Gasteiger charge is 2.20. The summed E-state index contributed by atoms with van der Waals surface area (Å²) < 4.78 is 1.89. The van der Waals surface area contributed by atoms with Crippen molar-refractivity contribution in [1.29, 1.82) is 0 Å². The summed E-state index contributed by atoms with van der Waals surface area (Å²) in [7, 11) is 0. The topological polar surface area (TPSA) is 49.8 Å². The molecule has 2 atom stereocenters. The maximum atomic E-state index is 11.0. The predicted octanol–water partition coefficient (Wildman–Crippen LogP) is 0.941. The van der Waals surface area contributed by atoms with Gasteiger partial charge in [0, 0.05) is 12.1 Å². The van der Waals surface area contributed by atoms with Gasteiger partial charge in [0.1, 0.15) is 5.82 Å². The van der Waals surface area contributed by atoms with E-state index in [1.54, 1.807) is 6.07 Å². The van der Waals surface area contributed by atoms with E-state index in [-0.39, 0.29) is 5.56 Å². The van der Waals surface area contributed by atoms with Crippen molar-refractivity contribution in [3.8, 4) is 0 Å². The van der Waals surface area contributed by atoms with Crippen LogP contribution in [0.3, 0.4) is 0 Å². The Kier molecular flexibility index (Phi) is 1.49. The Morgan fingerprint density at radius 3 is 3.08 bits per heavy atom. The molecule has 66 valence electrons. The van der Waals surface area contributed by atoms with Crippen LogP contribution >= 0.6 is 0 Å². The summed E-state index contributed by atoms with van der Waals surface area (Å²) >= 11 is 0. The Morgan fingerprint density at radius 2 is 2.33 bits per heavy atom. The van der Waals surface area contributed by atoms with Crippen molar-refractivity contribution in [2.24, 2.45) is 0 Å². The molecule has 12 heavy (non-hydrogen) atoms. The SMILES string of the molecule is C[C@@H]1C[C@H](C)Nc2cc(=O)[nH]n21. The van der Waals surface area contributed by atoms with Crippen molar-refractivity contribution in [1.82, 2.24) is 9.78 Å². The molecule has 0 fully saturated rings.